The Kier molecular flexibility index (Phi) is 7.63. The third kappa shape index (κ3) is 5.34. The summed E-state index contributed by atoms with van der Waals surface area (Å²) in [6.07, 6.45) is 1.12. The van der Waals surface area contributed by atoms with Crippen molar-refractivity contribution in [2.75, 3.05) is 31.5 Å². The first-order chi connectivity index (χ1) is 15.3. The largest absolute Gasteiger partial charge is 0.339 e. The minimum Gasteiger partial charge on any atom is -0.339 e. The number of piperidine rings is 1. The van der Waals surface area contributed by atoms with Crippen LogP contribution in [0, 0.1) is 11.7 Å². The van der Waals surface area contributed by atoms with Gasteiger partial charge in [0.15, 0.2) is 0 Å². The Labute approximate surface area is 188 Å². The molecular formula is C23H28FN3O4S. The van der Waals surface area contributed by atoms with E-state index in [1.54, 1.807) is 29.2 Å². The third-order valence-corrected chi connectivity index (χ3v) is 7.54. The number of hydrogen-bond acceptors (Lipinski definition) is 4. The number of anilines is 1. The van der Waals surface area contributed by atoms with E-state index < -0.39 is 21.8 Å². The topological polar surface area (TPSA) is 86.8 Å². The highest BCUT2D eigenvalue weighted by atomic mass is 32.2. The number of halogens is 1. The first kappa shape index (κ1) is 23.9. The predicted octanol–water partition coefficient (Wildman–Crippen LogP) is 3.35. The molecular weight excluding hydrogens is 433 g/mol. The van der Waals surface area contributed by atoms with Crippen molar-refractivity contribution >= 4 is 27.5 Å². The molecule has 172 valence electrons. The van der Waals surface area contributed by atoms with E-state index in [9.17, 15) is 22.4 Å². The molecule has 32 heavy (non-hydrogen) atoms. The van der Waals surface area contributed by atoms with Gasteiger partial charge in [-0.25, -0.2) is 12.8 Å². The van der Waals surface area contributed by atoms with Crippen LogP contribution in [0.25, 0.3) is 0 Å². The fourth-order valence-corrected chi connectivity index (χ4v) is 5.29. The molecule has 7 nitrogen and oxygen atoms in total. The molecule has 0 bridgehead atoms. The monoisotopic (exact) mass is 461 g/mol. The number of nitrogens with zero attached hydrogens (tertiary/aromatic N) is 2. The van der Waals surface area contributed by atoms with E-state index in [0.29, 0.717) is 43.7 Å². The molecule has 2 aromatic carbocycles. The summed E-state index contributed by atoms with van der Waals surface area (Å²) in [6.45, 7) is 5.44. The van der Waals surface area contributed by atoms with E-state index in [4.69, 9.17) is 0 Å². The number of benzene rings is 2. The lowest BCUT2D eigenvalue weighted by molar-refractivity contribution is -0.120. The molecule has 9 heteroatoms. The third-order valence-electron chi connectivity index (χ3n) is 5.66. The summed E-state index contributed by atoms with van der Waals surface area (Å²) in [6, 6.07) is 11.4. The molecule has 0 aliphatic carbocycles. The van der Waals surface area contributed by atoms with Crippen LogP contribution in [0.1, 0.15) is 37.0 Å². The zero-order valence-corrected chi connectivity index (χ0v) is 19.1. The molecule has 2 aromatic rings. The van der Waals surface area contributed by atoms with Gasteiger partial charge in [-0.15, -0.1) is 0 Å². The first-order valence-corrected chi connectivity index (χ1v) is 12.2. The molecule has 1 N–H and O–H groups in total. The average molecular weight is 462 g/mol. The molecule has 2 amide bonds. The molecule has 0 radical (unpaired) electrons. The number of carbonyl (C=O) groups is 2. The molecule has 0 saturated carbocycles. The van der Waals surface area contributed by atoms with Crippen LogP contribution in [0.3, 0.4) is 0 Å². The Morgan fingerprint density at radius 2 is 1.69 bits per heavy atom. The van der Waals surface area contributed by atoms with Gasteiger partial charge in [-0.1, -0.05) is 0 Å². The van der Waals surface area contributed by atoms with Crippen molar-refractivity contribution in [2.45, 2.75) is 31.6 Å². The van der Waals surface area contributed by atoms with Crippen molar-refractivity contribution in [3.05, 3.63) is 59.9 Å². The summed E-state index contributed by atoms with van der Waals surface area (Å²) in [4.78, 5) is 26.9. The van der Waals surface area contributed by atoms with Crippen LogP contribution in [0.2, 0.25) is 0 Å². The fourth-order valence-electron chi connectivity index (χ4n) is 3.76. The molecule has 1 unspecified atom stereocenters. The zero-order valence-electron chi connectivity index (χ0n) is 18.3. The molecule has 3 rings (SSSR count). The van der Waals surface area contributed by atoms with E-state index in [2.05, 4.69) is 5.32 Å². The molecule has 1 aliphatic heterocycles. The summed E-state index contributed by atoms with van der Waals surface area (Å²) in [7, 11) is -3.80. The number of sulfonamides is 1. The standard InChI is InChI=1S/C23H28FN3O4S/c1-3-26(4-2)23(29)17-7-11-20(12-8-17)25-22(28)18-6-5-15-27(16-18)32(30,31)21-13-9-19(24)10-14-21/h7-14,18H,3-6,15-16H2,1-2H3,(H,25,28). The molecule has 1 atom stereocenters. The van der Waals surface area contributed by atoms with E-state index in [-0.39, 0.29) is 23.3 Å². The van der Waals surface area contributed by atoms with Crippen LogP contribution in [0.15, 0.2) is 53.4 Å². The Bertz CT molecular complexity index is 1050. The summed E-state index contributed by atoms with van der Waals surface area (Å²) in [5.41, 5.74) is 1.09. The van der Waals surface area contributed by atoms with Gasteiger partial charge in [0.25, 0.3) is 5.91 Å². The van der Waals surface area contributed by atoms with Gasteiger partial charge in [-0.3, -0.25) is 9.59 Å². The normalized spacial score (nSPS) is 17.0. The van der Waals surface area contributed by atoms with E-state index in [1.807, 2.05) is 13.8 Å². The second-order valence-electron chi connectivity index (χ2n) is 7.70. The van der Waals surface area contributed by atoms with Gasteiger partial charge in [0.2, 0.25) is 15.9 Å². The maximum Gasteiger partial charge on any atom is 0.253 e. The number of nitrogens with one attached hydrogen (secondary N) is 1. The van der Waals surface area contributed by atoms with Crippen LogP contribution in [0.4, 0.5) is 10.1 Å². The lowest BCUT2D eigenvalue weighted by atomic mass is 9.98. The highest BCUT2D eigenvalue weighted by Crippen LogP contribution is 2.25. The summed E-state index contributed by atoms with van der Waals surface area (Å²) in [5.74, 6) is -1.35. The average Bonchev–Trinajstić information content (AvgIpc) is 2.80. The zero-order chi connectivity index (χ0) is 23.3. The van der Waals surface area contributed by atoms with Crippen molar-refractivity contribution < 1.29 is 22.4 Å². The van der Waals surface area contributed by atoms with Gasteiger partial charge in [-0.05, 0) is 75.2 Å². The molecule has 1 aliphatic rings. The van der Waals surface area contributed by atoms with Gasteiger partial charge in [0, 0.05) is 37.4 Å². The van der Waals surface area contributed by atoms with E-state index >= 15 is 0 Å². The van der Waals surface area contributed by atoms with Crippen LogP contribution in [-0.4, -0.2) is 55.6 Å². The Hall–Kier alpha value is -2.78. The second kappa shape index (κ2) is 10.2. The highest BCUT2D eigenvalue weighted by molar-refractivity contribution is 7.89. The van der Waals surface area contributed by atoms with Crippen LogP contribution in [-0.2, 0) is 14.8 Å². The number of hydrogen-bond donors (Lipinski definition) is 1. The fraction of sp³-hybridized carbons (Fsp3) is 0.391. The van der Waals surface area contributed by atoms with Crippen molar-refractivity contribution in [3.8, 4) is 0 Å². The maximum absolute atomic E-state index is 13.2. The predicted molar refractivity (Wildman–Crippen MR) is 120 cm³/mol. The number of rotatable bonds is 7. The lowest BCUT2D eigenvalue weighted by Crippen LogP contribution is -2.43. The Morgan fingerprint density at radius 1 is 1.06 bits per heavy atom. The first-order valence-electron chi connectivity index (χ1n) is 10.7. The molecule has 1 fully saturated rings. The highest BCUT2D eigenvalue weighted by Gasteiger charge is 2.33. The van der Waals surface area contributed by atoms with Gasteiger partial charge in [0.05, 0.1) is 10.8 Å². The van der Waals surface area contributed by atoms with E-state index in [0.717, 1.165) is 12.1 Å². The van der Waals surface area contributed by atoms with E-state index in [1.165, 1.54) is 16.4 Å². The van der Waals surface area contributed by atoms with Crippen LogP contribution >= 0.6 is 0 Å². The van der Waals surface area contributed by atoms with Crippen LogP contribution < -0.4 is 5.32 Å². The summed E-state index contributed by atoms with van der Waals surface area (Å²) < 4.78 is 40.2. The minimum atomic E-state index is -3.80. The SMILES string of the molecule is CCN(CC)C(=O)c1ccc(NC(=O)C2CCCN(S(=O)(=O)c3ccc(F)cc3)C2)cc1. The van der Waals surface area contributed by atoms with Gasteiger partial charge in [-0.2, -0.15) is 4.31 Å². The van der Waals surface area contributed by atoms with Crippen LogP contribution in [0.5, 0.6) is 0 Å². The lowest BCUT2D eigenvalue weighted by Gasteiger charge is -2.31. The molecule has 1 heterocycles. The summed E-state index contributed by atoms with van der Waals surface area (Å²) in [5, 5.41) is 2.82. The number of amides is 2. The Balaban J connectivity index is 1.65. The second-order valence-corrected chi connectivity index (χ2v) is 9.64. The van der Waals surface area contributed by atoms with Crippen molar-refractivity contribution in [1.82, 2.24) is 9.21 Å². The quantitative estimate of drug-likeness (QED) is 0.685. The number of carbonyl (C=O) groups excluding carboxylic acids is 2. The van der Waals surface area contributed by atoms with Gasteiger partial charge >= 0.3 is 0 Å². The maximum atomic E-state index is 13.2. The van der Waals surface area contributed by atoms with Crippen molar-refractivity contribution in [3.63, 3.8) is 0 Å². The van der Waals surface area contributed by atoms with Gasteiger partial charge in [0.1, 0.15) is 5.82 Å². The Morgan fingerprint density at radius 3 is 2.28 bits per heavy atom. The van der Waals surface area contributed by atoms with Crippen molar-refractivity contribution in [1.29, 1.82) is 0 Å². The molecule has 0 aromatic heterocycles. The van der Waals surface area contributed by atoms with Gasteiger partial charge < -0.3 is 10.2 Å². The minimum absolute atomic E-state index is 0.00779. The smallest absolute Gasteiger partial charge is 0.253 e. The van der Waals surface area contributed by atoms with Crippen molar-refractivity contribution in [2.24, 2.45) is 5.92 Å². The summed E-state index contributed by atoms with van der Waals surface area (Å²) >= 11 is 0. The molecule has 0 spiro atoms. The molecule has 1 saturated heterocycles.